The highest BCUT2D eigenvalue weighted by molar-refractivity contribution is 5.68. The van der Waals surface area contributed by atoms with E-state index in [2.05, 4.69) is 27.6 Å². The highest BCUT2D eigenvalue weighted by Gasteiger charge is 2.25. The van der Waals surface area contributed by atoms with Gasteiger partial charge in [-0.1, -0.05) is 12.1 Å². The third-order valence-corrected chi connectivity index (χ3v) is 5.25. The third kappa shape index (κ3) is 5.13. The number of rotatable bonds is 9. The van der Waals surface area contributed by atoms with Crippen LogP contribution in [0.2, 0.25) is 0 Å². The summed E-state index contributed by atoms with van der Waals surface area (Å²) in [6.45, 7) is 5.60. The van der Waals surface area contributed by atoms with Crippen molar-refractivity contribution in [1.29, 1.82) is 5.26 Å². The number of carbonyl (C=O) groups is 1. The predicted molar refractivity (Wildman–Crippen MR) is 121 cm³/mol. The van der Waals surface area contributed by atoms with Crippen molar-refractivity contribution in [1.82, 2.24) is 15.5 Å². The summed E-state index contributed by atoms with van der Waals surface area (Å²) in [4.78, 5) is 17.2. The summed E-state index contributed by atoms with van der Waals surface area (Å²) in [5, 5.41) is 25.5. The van der Waals surface area contributed by atoms with Gasteiger partial charge in [0.1, 0.15) is 11.8 Å². The van der Waals surface area contributed by atoms with Crippen LogP contribution in [0.1, 0.15) is 37.0 Å². The minimum Gasteiger partial charge on any atom is -0.490 e. The van der Waals surface area contributed by atoms with Gasteiger partial charge >= 0.3 is 5.97 Å². The number of anilines is 2. The molecule has 0 saturated heterocycles. The van der Waals surface area contributed by atoms with E-state index in [9.17, 15) is 10.1 Å². The maximum Gasteiger partial charge on any atom is 0.304 e. The van der Waals surface area contributed by atoms with E-state index in [-0.39, 0.29) is 12.5 Å². The van der Waals surface area contributed by atoms with Gasteiger partial charge in [-0.2, -0.15) is 10.2 Å². The van der Waals surface area contributed by atoms with Crippen molar-refractivity contribution in [3.63, 3.8) is 0 Å². The van der Waals surface area contributed by atoms with Gasteiger partial charge in [0.2, 0.25) is 0 Å². The smallest absolute Gasteiger partial charge is 0.304 e. The molecule has 3 aromatic rings. The monoisotopic (exact) mass is 447 g/mol. The van der Waals surface area contributed by atoms with Gasteiger partial charge in [-0.25, -0.2) is 0 Å². The molecule has 2 heterocycles. The standard InChI is InChI=1S/C24H25N5O4/c1-15(2)32-21-6-4-18(12-19(21)13-25)23-27-24(28-33-23)29-10-8-17-11-16(3-5-20(17)29)14-26-9-7-22(30)31/h3-6,11-12,15,26H,7-10,14H2,1-2H3,(H,30,31). The second-order valence-electron chi connectivity index (χ2n) is 8.07. The quantitative estimate of drug-likeness (QED) is 0.473. The van der Waals surface area contributed by atoms with Crippen LogP contribution in [0.4, 0.5) is 11.6 Å². The average Bonchev–Trinajstić information content (AvgIpc) is 3.43. The molecule has 1 aromatic heterocycles. The summed E-state index contributed by atoms with van der Waals surface area (Å²) in [5.74, 6) is 0.523. The molecule has 0 aliphatic carbocycles. The van der Waals surface area contributed by atoms with E-state index in [0.717, 1.165) is 24.2 Å². The molecule has 1 aliphatic heterocycles. The summed E-state index contributed by atoms with van der Waals surface area (Å²) >= 11 is 0. The molecule has 0 unspecified atom stereocenters. The van der Waals surface area contributed by atoms with Crippen molar-refractivity contribution in [2.75, 3.05) is 18.0 Å². The molecule has 0 spiro atoms. The number of hydrogen-bond donors (Lipinski definition) is 2. The Morgan fingerprint density at radius 2 is 2.18 bits per heavy atom. The number of aromatic nitrogens is 2. The van der Waals surface area contributed by atoms with Gasteiger partial charge < -0.3 is 24.6 Å². The number of aliphatic carboxylic acids is 1. The predicted octanol–water partition coefficient (Wildman–Crippen LogP) is 3.65. The largest absolute Gasteiger partial charge is 0.490 e. The van der Waals surface area contributed by atoms with Crippen LogP contribution in [-0.2, 0) is 17.8 Å². The fraction of sp³-hybridized carbons (Fsp3) is 0.333. The van der Waals surface area contributed by atoms with Gasteiger partial charge in [0.25, 0.3) is 11.8 Å². The summed E-state index contributed by atoms with van der Waals surface area (Å²) in [5.41, 5.74) is 4.37. The van der Waals surface area contributed by atoms with Gasteiger partial charge in [-0.15, -0.1) is 0 Å². The van der Waals surface area contributed by atoms with Crippen LogP contribution in [-0.4, -0.2) is 40.4 Å². The van der Waals surface area contributed by atoms with Crippen LogP contribution in [0.3, 0.4) is 0 Å². The number of fused-ring (bicyclic) bond motifs is 1. The van der Waals surface area contributed by atoms with Gasteiger partial charge in [-0.3, -0.25) is 4.79 Å². The molecule has 0 amide bonds. The number of nitriles is 1. The lowest BCUT2D eigenvalue weighted by Gasteiger charge is -2.14. The molecule has 0 fully saturated rings. The minimum absolute atomic E-state index is 0.0331. The number of carboxylic acids is 1. The van der Waals surface area contributed by atoms with E-state index in [1.807, 2.05) is 30.9 Å². The SMILES string of the molecule is CC(C)Oc1ccc(-c2nc(N3CCc4cc(CNCCC(=O)O)ccc43)no2)cc1C#N. The molecule has 33 heavy (non-hydrogen) atoms. The third-order valence-electron chi connectivity index (χ3n) is 5.25. The van der Waals surface area contributed by atoms with Crippen LogP contribution >= 0.6 is 0 Å². The zero-order chi connectivity index (χ0) is 23.4. The molecular formula is C24H25N5O4. The Kier molecular flexibility index (Phi) is 6.56. The maximum atomic E-state index is 10.6. The van der Waals surface area contributed by atoms with Gasteiger partial charge in [0, 0.05) is 30.9 Å². The van der Waals surface area contributed by atoms with Crippen LogP contribution in [0.15, 0.2) is 40.9 Å². The maximum absolute atomic E-state index is 10.6. The van der Waals surface area contributed by atoms with Crippen LogP contribution < -0.4 is 15.0 Å². The Hall–Kier alpha value is -3.90. The Morgan fingerprint density at radius 3 is 2.94 bits per heavy atom. The lowest BCUT2D eigenvalue weighted by molar-refractivity contribution is -0.136. The van der Waals surface area contributed by atoms with Gasteiger partial charge in [0.15, 0.2) is 0 Å². The van der Waals surface area contributed by atoms with E-state index in [1.165, 1.54) is 5.56 Å². The van der Waals surface area contributed by atoms with Crippen LogP contribution in [0, 0.1) is 11.3 Å². The second-order valence-corrected chi connectivity index (χ2v) is 8.07. The van der Waals surface area contributed by atoms with Crippen molar-refractivity contribution >= 4 is 17.6 Å². The molecule has 0 atom stereocenters. The molecule has 9 heteroatoms. The molecule has 9 nitrogen and oxygen atoms in total. The summed E-state index contributed by atoms with van der Waals surface area (Å²) in [7, 11) is 0. The van der Waals surface area contributed by atoms with E-state index in [0.29, 0.717) is 41.8 Å². The summed E-state index contributed by atoms with van der Waals surface area (Å²) < 4.78 is 11.2. The first-order chi connectivity index (χ1) is 15.9. The molecule has 0 radical (unpaired) electrons. The van der Waals surface area contributed by atoms with Gasteiger partial charge in [0.05, 0.1) is 18.1 Å². The lowest BCUT2D eigenvalue weighted by atomic mass is 10.1. The number of nitrogens with zero attached hydrogens (tertiary/aromatic N) is 4. The Balaban J connectivity index is 1.48. The first kappa shape index (κ1) is 22.3. The molecule has 2 N–H and O–H groups in total. The number of benzene rings is 2. The molecular weight excluding hydrogens is 422 g/mol. The zero-order valence-corrected chi connectivity index (χ0v) is 18.5. The van der Waals surface area contributed by atoms with Crippen LogP contribution in [0.5, 0.6) is 5.75 Å². The Morgan fingerprint density at radius 1 is 1.33 bits per heavy atom. The van der Waals surface area contributed by atoms with E-state index >= 15 is 0 Å². The fourth-order valence-electron chi connectivity index (χ4n) is 3.75. The number of carboxylic acid groups (broad SMARTS) is 1. The topological polar surface area (TPSA) is 125 Å². The first-order valence-electron chi connectivity index (χ1n) is 10.8. The van der Waals surface area contributed by atoms with Crippen molar-refractivity contribution in [2.45, 2.75) is 39.3 Å². The van der Waals surface area contributed by atoms with Crippen molar-refractivity contribution in [3.05, 3.63) is 53.1 Å². The number of ether oxygens (including phenoxy) is 1. The second kappa shape index (κ2) is 9.71. The first-order valence-corrected chi connectivity index (χ1v) is 10.8. The number of hydrogen-bond acceptors (Lipinski definition) is 8. The molecule has 0 bridgehead atoms. The fourth-order valence-corrected chi connectivity index (χ4v) is 3.75. The Bertz CT molecular complexity index is 1200. The van der Waals surface area contributed by atoms with Crippen molar-refractivity contribution in [3.8, 4) is 23.3 Å². The van der Waals surface area contributed by atoms with Crippen molar-refractivity contribution < 1.29 is 19.2 Å². The summed E-state index contributed by atoms with van der Waals surface area (Å²) in [6, 6.07) is 13.6. The highest BCUT2D eigenvalue weighted by atomic mass is 16.5. The minimum atomic E-state index is -0.810. The van der Waals surface area contributed by atoms with E-state index in [4.69, 9.17) is 14.4 Å². The lowest BCUT2D eigenvalue weighted by Crippen LogP contribution is -2.17. The zero-order valence-electron chi connectivity index (χ0n) is 18.5. The Labute approximate surface area is 191 Å². The summed E-state index contributed by atoms with van der Waals surface area (Å²) in [6.07, 6.45) is 0.916. The number of nitrogens with one attached hydrogen (secondary N) is 1. The molecule has 1 aliphatic rings. The molecule has 2 aromatic carbocycles. The normalized spacial score (nSPS) is 12.6. The molecule has 4 rings (SSSR count). The average molecular weight is 447 g/mol. The van der Waals surface area contributed by atoms with Gasteiger partial charge in [-0.05, 0) is 60.8 Å². The molecule has 170 valence electrons. The molecule has 0 saturated carbocycles. The van der Waals surface area contributed by atoms with Crippen molar-refractivity contribution in [2.24, 2.45) is 0 Å². The van der Waals surface area contributed by atoms with E-state index < -0.39 is 5.97 Å². The van der Waals surface area contributed by atoms with Crippen LogP contribution in [0.25, 0.3) is 11.5 Å². The van der Waals surface area contributed by atoms with E-state index in [1.54, 1.807) is 18.2 Å². The highest BCUT2D eigenvalue weighted by Crippen LogP contribution is 2.35.